The number of hydrogen-bond acceptors (Lipinski definition) is 6. The quantitative estimate of drug-likeness (QED) is 0.371. The molecule has 1 aromatic rings. The third-order valence-corrected chi connectivity index (χ3v) is 4.83. The van der Waals surface area contributed by atoms with E-state index in [4.69, 9.17) is 14.6 Å². The summed E-state index contributed by atoms with van der Waals surface area (Å²) in [6.07, 6.45) is 4.40. The van der Waals surface area contributed by atoms with E-state index in [1.165, 1.54) is 4.57 Å². The van der Waals surface area contributed by atoms with Crippen molar-refractivity contribution in [3.63, 3.8) is 0 Å². The van der Waals surface area contributed by atoms with E-state index < -0.39 is 5.97 Å². The third-order valence-electron chi connectivity index (χ3n) is 4.83. The van der Waals surface area contributed by atoms with E-state index in [9.17, 15) is 19.8 Å². The SMILES string of the molecule is O=C(O)CCOCCOCCNC(=O)CCn1c(O)cc(C2CCCC2)c1O. The number of aromatic hydroxyl groups is 2. The van der Waals surface area contributed by atoms with Crippen molar-refractivity contribution in [2.24, 2.45) is 0 Å². The minimum absolute atomic E-state index is 0.0153. The van der Waals surface area contributed by atoms with Gasteiger partial charge in [-0.25, -0.2) is 0 Å². The summed E-state index contributed by atoms with van der Waals surface area (Å²) in [6.45, 7) is 1.64. The molecule has 1 saturated carbocycles. The number of carbonyl (C=O) groups excluding carboxylic acids is 1. The highest BCUT2D eigenvalue weighted by molar-refractivity contribution is 5.75. The number of nitrogens with zero attached hydrogens (tertiary/aromatic N) is 1. The van der Waals surface area contributed by atoms with Gasteiger partial charge in [0.15, 0.2) is 11.8 Å². The summed E-state index contributed by atoms with van der Waals surface area (Å²) in [5.41, 5.74) is 0.773. The molecule has 1 aromatic heterocycles. The number of rotatable bonds is 13. The van der Waals surface area contributed by atoms with Crippen LogP contribution in [0.1, 0.15) is 50.0 Å². The number of nitrogens with one attached hydrogen (secondary N) is 1. The maximum Gasteiger partial charge on any atom is 0.305 e. The molecule has 1 aliphatic carbocycles. The number of hydrogen-bond donors (Lipinski definition) is 4. The van der Waals surface area contributed by atoms with Crippen LogP contribution < -0.4 is 5.32 Å². The molecule has 1 amide bonds. The number of carboxylic acid groups (broad SMARTS) is 1. The van der Waals surface area contributed by atoms with Crippen LogP contribution in [0.25, 0.3) is 0 Å². The molecular weight excluding hydrogens is 368 g/mol. The monoisotopic (exact) mass is 398 g/mol. The fourth-order valence-electron chi connectivity index (χ4n) is 3.35. The van der Waals surface area contributed by atoms with Gasteiger partial charge in [-0.3, -0.25) is 14.2 Å². The Kier molecular flexibility index (Phi) is 9.09. The van der Waals surface area contributed by atoms with Crippen LogP contribution in [-0.2, 0) is 25.6 Å². The van der Waals surface area contributed by atoms with E-state index in [1.54, 1.807) is 6.07 Å². The van der Waals surface area contributed by atoms with E-state index in [0.717, 1.165) is 31.2 Å². The Hall–Kier alpha value is -2.26. The molecule has 4 N–H and O–H groups in total. The summed E-state index contributed by atoms with van der Waals surface area (Å²) >= 11 is 0. The molecule has 9 nitrogen and oxygen atoms in total. The molecule has 0 spiro atoms. The second-order valence-corrected chi connectivity index (χ2v) is 6.88. The molecule has 1 heterocycles. The van der Waals surface area contributed by atoms with E-state index in [-0.39, 0.29) is 49.6 Å². The highest BCUT2D eigenvalue weighted by atomic mass is 16.5. The van der Waals surface area contributed by atoms with Gasteiger partial charge in [0.25, 0.3) is 0 Å². The zero-order valence-corrected chi connectivity index (χ0v) is 16.1. The highest BCUT2D eigenvalue weighted by Gasteiger charge is 2.24. The van der Waals surface area contributed by atoms with Crippen LogP contribution in [-0.4, -0.2) is 64.7 Å². The Morgan fingerprint density at radius 3 is 2.43 bits per heavy atom. The summed E-state index contributed by atoms with van der Waals surface area (Å²) in [5.74, 6) is -0.774. The molecule has 158 valence electrons. The minimum Gasteiger partial charge on any atom is -0.494 e. The zero-order chi connectivity index (χ0) is 20.4. The van der Waals surface area contributed by atoms with Gasteiger partial charge in [0, 0.05) is 31.1 Å². The molecule has 0 radical (unpaired) electrons. The first-order chi connectivity index (χ1) is 13.5. The van der Waals surface area contributed by atoms with Crippen molar-refractivity contribution in [1.82, 2.24) is 9.88 Å². The van der Waals surface area contributed by atoms with Crippen molar-refractivity contribution in [3.05, 3.63) is 11.6 Å². The van der Waals surface area contributed by atoms with Crippen LogP contribution in [0.4, 0.5) is 0 Å². The largest absolute Gasteiger partial charge is 0.494 e. The molecule has 1 aliphatic rings. The van der Waals surface area contributed by atoms with Gasteiger partial charge in [-0.1, -0.05) is 12.8 Å². The van der Waals surface area contributed by atoms with Crippen molar-refractivity contribution in [3.8, 4) is 11.8 Å². The number of ether oxygens (including phenoxy) is 2. The lowest BCUT2D eigenvalue weighted by Gasteiger charge is -2.10. The van der Waals surface area contributed by atoms with Gasteiger partial charge in [0.05, 0.1) is 32.8 Å². The van der Waals surface area contributed by atoms with Crippen molar-refractivity contribution in [2.45, 2.75) is 51.0 Å². The van der Waals surface area contributed by atoms with Crippen molar-refractivity contribution in [2.75, 3.05) is 33.0 Å². The van der Waals surface area contributed by atoms with Crippen molar-refractivity contribution in [1.29, 1.82) is 0 Å². The zero-order valence-electron chi connectivity index (χ0n) is 16.1. The molecule has 0 atom stereocenters. The first-order valence-corrected chi connectivity index (χ1v) is 9.74. The Bertz CT molecular complexity index is 638. The number of carbonyl (C=O) groups is 2. The Morgan fingerprint density at radius 1 is 1.07 bits per heavy atom. The summed E-state index contributed by atoms with van der Waals surface area (Å²) in [4.78, 5) is 22.2. The first-order valence-electron chi connectivity index (χ1n) is 9.74. The van der Waals surface area contributed by atoms with Gasteiger partial charge >= 0.3 is 5.97 Å². The second-order valence-electron chi connectivity index (χ2n) is 6.88. The second kappa shape index (κ2) is 11.6. The number of aliphatic carboxylic acids is 1. The lowest BCUT2D eigenvalue weighted by molar-refractivity contribution is -0.138. The average Bonchev–Trinajstić information content (AvgIpc) is 3.27. The molecule has 9 heteroatoms. The molecule has 1 fully saturated rings. The van der Waals surface area contributed by atoms with Crippen LogP contribution >= 0.6 is 0 Å². The van der Waals surface area contributed by atoms with E-state index in [2.05, 4.69) is 5.32 Å². The Labute approximate surface area is 164 Å². The van der Waals surface area contributed by atoms with Gasteiger partial charge in [-0.05, 0) is 18.8 Å². The predicted molar refractivity (Wildman–Crippen MR) is 100 cm³/mol. The van der Waals surface area contributed by atoms with Crippen LogP contribution in [0.2, 0.25) is 0 Å². The summed E-state index contributed by atoms with van der Waals surface area (Å²) < 4.78 is 11.7. The van der Waals surface area contributed by atoms with Gasteiger partial charge in [-0.15, -0.1) is 0 Å². The van der Waals surface area contributed by atoms with Crippen molar-refractivity contribution < 1.29 is 34.4 Å². The van der Waals surface area contributed by atoms with E-state index >= 15 is 0 Å². The number of carboxylic acids is 1. The topological polar surface area (TPSA) is 130 Å². The standard InChI is InChI=1S/C19H30N2O7/c22-16(20-7-10-28-12-11-27-9-6-18(24)25)5-8-21-17(23)13-15(19(21)26)14-3-1-2-4-14/h13-14,23,26H,1-12H2,(H,20,22)(H,24,25). The highest BCUT2D eigenvalue weighted by Crippen LogP contribution is 2.41. The molecular formula is C19H30N2O7. The smallest absolute Gasteiger partial charge is 0.305 e. The van der Waals surface area contributed by atoms with Crippen molar-refractivity contribution >= 4 is 11.9 Å². The molecule has 0 unspecified atom stereocenters. The van der Waals surface area contributed by atoms with Gasteiger partial charge in [0.2, 0.25) is 5.91 Å². The van der Waals surface area contributed by atoms with E-state index in [1.807, 2.05) is 0 Å². The van der Waals surface area contributed by atoms with Crippen LogP contribution in [0, 0.1) is 0 Å². The third kappa shape index (κ3) is 7.05. The van der Waals surface area contributed by atoms with Crippen LogP contribution in [0.5, 0.6) is 11.8 Å². The summed E-state index contributed by atoms with van der Waals surface area (Å²) in [7, 11) is 0. The first kappa shape index (κ1) is 22.0. The lowest BCUT2D eigenvalue weighted by Crippen LogP contribution is -2.28. The van der Waals surface area contributed by atoms with Crippen LogP contribution in [0.3, 0.4) is 0 Å². The molecule has 2 rings (SSSR count). The van der Waals surface area contributed by atoms with Gasteiger partial charge in [0.1, 0.15) is 0 Å². The fraction of sp³-hybridized carbons (Fsp3) is 0.684. The fourth-order valence-corrected chi connectivity index (χ4v) is 3.35. The van der Waals surface area contributed by atoms with Gasteiger partial charge in [-0.2, -0.15) is 0 Å². The summed E-state index contributed by atoms with van der Waals surface area (Å²) in [6, 6.07) is 1.61. The Balaban J connectivity index is 1.58. The van der Waals surface area contributed by atoms with Crippen LogP contribution in [0.15, 0.2) is 6.07 Å². The maximum atomic E-state index is 11.9. The Morgan fingerprint density at radius 2 is 1.75 bits per heavy atom. The van der Waals surface area contributed by atoms with E-state index in [0.29, 0.717) is 26.4 Å². The summed E-state index contributed by atoms with van der Waals surface area (Å²) in [5, 5.41) is 31.6. The molecule has 28 heavy (non-hydrogen) atoms. The predicted octanol–water partition coefficient (Wildman–Crippen LogP) is 1.57. The molecule has 0 aliphatic heterocycles. The lowest BCUT2D eigenvalue weighted by atomic mass is 10.0. The minimum atomic E-state index is -0.903. The maximum absolute atomic E-state index is 11.9. The molecule has 0 saturated heterocycles. The number of aromatic nitrogens is 1. The molecule has 0 aromatic carbocycles. The molecule has 0 bridgehead atoms. The average molecular weight is 398 g/mol. The van der Waals surface area contributed by atoms with Gasteiger partial charge < -0.3 is 30.1 Å². The number of amides is 1. The normalized spacial score (nSPS) is 14.4.